The van der Waals surface area contributed by atoms with Crippen LogP contribution in [0.5, 0.6) is 0 Å². The van der Waals surface area contributed by atoms with E-state index in [0.717, 1.165) is 0 Å². The Kier molecular flexibility index (Phi) is 3.88. The van der Waals surface area contributed by atoms with Crippen LogP contribution in [-0.2, 0) is 10.1 Å². The molecule has 106 valence electrons. The standard InChI is InChI=1S/C10H11N5O3S2/c11-7-3-6(1-2-8(7)20(16,17)18)4-13-15-10-14-9(12)5-19-10/h1-5H,11-12H2,(H,14,15)(H,16,17,18). The van der Waals surface area contributed by atoms with Crippen molar-refractivity contribution in [2.75, 3.05) is 16.9 Å². The quantitative estimate of drug-likeness (QED) is 0.285. The van der Waals surface area contributed by atoms with Gasteiger partial charge in [-0.15, -0.1) is 11.3 Å². The zero-order chi connectivity index (χ0) is 14.8. The lowest BCUT2D eigenvalue weighted by Crippen LogP contribution is -2.03. The van der Waals surface area contributed by atoms with Crippen LogP contribution in [-0.4, -0.2) is 24.2 Å². The van der Waals surface area contributed by atoms with E-state index in [4.69, 9.17) is 16.0 Å². The van der Waals surface area contributed by atoms with Gasteiger partial charge in [0.05, 0.1) is 11.9 Å². The minimum Gasteiger partial charge on any atom is -0.398 e. The fourth-order valence-corrected chi connectivity index (χ4v) is 2.53. The molecule has 0 aliphatic heterocycles. The molecule has 0 atom stereocenters. The van der Waals surface area contributed by atoms with Gasteiger partial charge in [-0.1, -0.05) is 6.07 Å². The summed E-state index contributed by atoms with van der Waals surface area (Å²) in [5.74, 6) is 0.398. The average Bonchev–Trinajstić information content (AvgIpc) is 2.73. The van der Waals surface area contributed by atoms with Gasteiger partial charge in [0.15, 0.2) is 0 Å². The summed E-state index contributed by atoms with van der Waals surface area (Å²) in [6.07, 6.45) is 1.43. The number of hydrazone groups is 1. The highest BCUT2D eigenvalue weighted by molar-refractivity contribution is 7.86. The van der Waals surface area contributed by atoms with Crippen molar-refractivity contribution >= 4 is 44.3 Å². The Bertz CT molecular complexity index is 754. The highest BCUT2D eigenvalue weighted by Crippen LogP contribution is 2.19. The minimum atomic E-state index is -4.32. The van der Waals surface area contributed by atoms with Crippen LogP contribution in [0.15, 0.2) is 33.6 Å². The lowest BCUT2D eigenvalue weighted by molar-refractivity contribution is 0.483. The van der Waals surface area contributed by atoms with E-state index < -0.39 is 10.1 Å². The fraction of sp³-hybridized carbons (Fsp3) is 0. The lowest BCUT2D eigenvalue weighted by Gasteiger charge is -2.02. The minimum absolute atomic E-state index is 0.0602. The van der Waals surface area contributed by atoms with Crippen LogP contribution in [0.4, 0.5) is 16.6 Å². The third-order valence-electron chi connectivity index (χ3n) is 2.21. The van der Waals surface area contributed by atoms with Gasteiger partial charge in [-0.25, -0.2) is 4.98 Å². The number of thiazole rings is 1. The van der Waals surface area contributed by atoms with Crippen LogP contribution in [0.25, 0.3) is 0 Å². The zero-order valence-electron chi connectivity index (χ0n) is 10.0. The third kappa shape index (κ3) is 3.44. The van der Waals surface area contributed by atoms with Gasteiger partial charge < -0.3 is 11.5 Å². The SMILES string of the molecule is Nc1csc(NN=Cc2ccc(S(=O)(=O)O)c(N)c2)n1. The van der Waals surface area contributed by atoms with Crippen molar-refractivity contribution in [3.63, 3.8) is 0 Å². The first kappa shape index (κ1) is 14.2. The molecule has 1 aromatic carbocycles. The number of benzene rings is 1. The van der Waals surface area contributed by atoms with Gasteiger partial charge in [0.1, 0.15) is 10.7 Å². The molecule has 0 radical (unpaired) electrons. The molecule has 0 unspecified atom stereocenters. The smallest absolute Gasteiger partial charge is 0.296 e. The van der Waals surface area contributed by atoms with E-state index in [9.17, 15) is 8.42 Å². The molecule has 0 bridgehead atoms. The van der Waals surface area contributed by atoms with Crippen LogP contribution < -0.4 is 16.9 Å². The fourth-order valence-electron chi connectivity index (χ4n) is 1.38. The van der Waals surface area contributed by atoms with Crippen molar-refractivity contribution in [1.29, 1.82) is 0 Å². The van der Waals surface area contributed by atoms with Gasteiger partial charge in [0, 0.05) is 5.38 Å². The maximum absolute atomic E-state index is 11.0. The van der Waals surface area contributed by atoms with Crippen molar-refractivity contribution in [1.82, 2.24) is 4.98 Å². The van der Waals surface area contributed by atoms with Crippen LogP contribution in [0.2, 0.25) is 0 Å². The number of nitrogen functional groups attached to an aromatic ring is 2. The molecule has 0 aliphatic carbocycles. The van der Waals surface area contributed by atoms with Gasteiger partial charge in [0.2, 0.25) is 5.13 Å². The highest BCUT2D eigenvalue weighted by atomic mass is 32.2. The summed E-state index contributed by atoms with van der Waals surface area (Å²) >= 11 is 1.30. The van der Waals surface area contributed by atoms with Crippen molar-refractivity contribution < 1.29 is 13.0 Å². The molecule has 0 amide bonds. The molecule has 0 saturated carbocycles. The second-order valence-electron chi connectivity index (χ2n) is 3.72. The molecule has 0 fully saturated rings. The van der Waals surface area contributed by atoms with E-state index in [1.54, 1.807) is 5.38 Å². The molecule has 0 aliphatic rings. The van der Waals surface area contributed by atoms with Crippen molar-refractivity contribution in [2.45, 2.75) is 4.90 Å². The number of nitrogens with one attached hydrogen (secondary N) is 1. The van der Waals surface area contributed by atoms with Crippen molar-refractivity contribution in [3.8, 4) is 0 Å². The monoisotopic (exact) mass is 313 g/mol. The molecule has 8 nitrogen and oxygen atoms in total. The van der Waals surface area contributed by atoms with Crippen LogP contribution in [0, 0.1) is 0 Å². The topological polar surface area (TPSA) is 144 Å². The number of hydrogen-bond donors (Lipinski definition) is 4. The maximum Gasteiger partial charge on any atom is 0.296 e. The van der Waals surface area contributed by atoms with Crippen molar-refractivity contribution in [2.24, 2.45) is 5.10 Å². The second-order valence-corrected chi connectivity index (χ2v) is 5.97. The van der Waals surface area contributed by atoms with Gasteiger partial charge in [0.25, 0.3) is 10.1 Å². The van der Waals surface area contributed by atoms with E-state index in [1.165, 1.54) is 35.8 Å². The molecular weight excluding hydrogens is 302 g/mol. The third-order valence-corrected chi connectivity index (χ3v) is 3.90. The molecule has 20 heavy (non-hydrogen) atoms. The zero-order valence-corrected chi connectivity index (χ0v) is 11.6. The Morgan fingerprint density at radius 3 is 2.70 bits per heavy atom. The first-order valence-corrected chi connectivity index (χ1v) is 7.55. The number of anilines is 3. The molecule has 0 spiro atoms. The Morgan fingerprint density at radius 1 is 1.40 bits per heavy atom. The highest BCUT2D eigenvalue weighted by Gasteiger charge is 2.13. The number of hydrogen-bond acceptors (Lipinski definition) is 8. The summed E-state index contributed by atoms with van der Waals surface area (Å²) in [6.45, 7) is 0. The Labute approximate surface area is 118 Å². The normalized spacial score (nSPS) is 11.8. The average molecular weight is 313 g/mol. The van der Waals surface area contributed by atoms with E-state index >= 15 is 0 Å². The molecule has 1 aromatic heterocycles. The summed E-state index contributed by atoms with van der Waals surface area (Å²) < 4.78 is 30.9. The van der Waals surface area contributed by atoms with E-state index in [2.05, 4.69) is 15.5 Å². The molecular formula is C10H11N5O3S2. The molecule has 10 heteroatoms. The molecule has 1 heterocycles. The first-order valence-electron chi connectivity index (χ1n) is 5.23. The van der Waals surface area contributed by atoms with E-state index in [0.29, 0.717) is 16.5 Å². The molecule has 6 N–H and O–H groups in total. The number of rotatable bonds is 4. The molecule has 0 saturated heterocycles. The van der Waals surface area contributed by atoms with Gasteiger partial charge in [-0.3, -0.25) is 9.98 Å². The molecule has 2 aromatic rings. The summed E-state index contributed by atoms with van der Waals surface area (Å²) in [5.41, 5.74) is 14.2. The van der Waals surface area contributed by atoms with E-state index in [1.807, 2.05) is 0 Å². The van der Waals surface area contributed by atoms with Crippen LogP contribution >= 0.6 is 11.3 Å². The Morgan fingerprint density at radius 2 is 2.15 bits per heavy atom. The predicted molar refractivity (Wildman–Crippen MR) is 78.4 cm³/mol. The summed E-state index contributed by atoms with van der Waals surface area (Å²) in [6, 6.07) is 4.04. The Hall–Kier alpha value is -2.17. The number of nitrogens with two attached hydrogens (primary N) is 2. The summed E-state index contributed by atoms with van der Waals surface area (Å²) in [4.78, 5) is 3.60. The van der Waals surface area contributed by atoms with Crippen molar-refractivity contribution in [3.05, 3.63) is 29.1 Å². The lowest BCUT2D eigenvalue weighted by atomic mass is 10.2. The van der Waals surface area contributed by atoms with E-state index in [-0.39, 0.29) is 10.6 Å². The second kappa shape index (κ2) is 5.45. The first-order chi connectivity index (χ1) is 9.36. The number of aromatic nitrogens is 1. The summed E-state index contributed by atoms with van der Waals surface area (Å²) in [5, 5.41) is 6.10. The van der Waals surface area contributed by atoms with Gasteiger partial charge >= 0.3 is 0 Å². The van der Waals surface area contributed by atoms with Crippen LogP contribution in [0.3, 0.4) is 0 Å². The van der Waals surface area contributed by atoms with Crippen LogP contribution in [0.1, 0.15) is 5.56 Å². The maximum atomic E-state index is 11.0. The van der Waals surface area contributed by atoms with Gasteiger partial charge in [-0.05, 0) is 17.7 Å². The number of nitrogens with zero attached hydrogens (tertiary/aromatic N) is 2. The molecule has 2 rings (SSSR count). The summed E-state index contributed by atoms with van der Waals surface area (Å²) in [7, 11) is -4.32. The predicted octanol–water partition coefficient (Wildman–Crippen LogP) is 1.00. The Balaban J connectivity index is 2.13. The van der Waals surface area contributed by atoms with Gasteiger partial charge in [-0.2, -0.15) is 13.5 Å². The largest absolute Gasteiger partial charge is 0.398 e.